The van der Waals surface area contributed by atoms with E-state index in [4.69, 9.17) is 4.98 Å². The average molecular weight is 449 g/mol. The van der Waals surface area contributed by atoms with Crippen molar-refractivity contribution in [2.75, 3.05) is 31.1 Å². The first kappa shape index (κ1) is 21.7. The SMILES string of the molecule is CCC(=O)N1CCN(c2nc3c(s2)C[C@H](C(=O)NCc2ccc(F)cc2F)CC3)CC1. The summed E-state index contributed by atoms with van der Waals surface area (Å²) >= 11 is 1.63. The van der Waals surface area contributed by atoms with Crippen LogP contribution >= 0.6 is 11.3 Å². The summed E-state index contributed by atoms with van der Waals surface area (Å²) in [6.07, 6.45) is 2.59. The van der Waals surface area contributed by atoms with Gasteiger partial charge in [0, 0.05) is 61.6 Å². The van der Waals surface area contributed by atoms with Gasteiger partial charge in [0.1, 0.15) is 11.6 Å². The Morgan fingerprint density at radius 2 is 2.00 bits per heavy atom. The van der Waals surface area contributed by atoms with Crippen molar-refractivity contribution in [2.45, 2.75) is 39.2 Å². The predicted octanol–water partition coefficient (Wildman–Crippen LogP) is 2.90. The number of aromatic nitrogens is 1. The van der Waals surface area contributed by atoms with Crippen molar-refractivity contribution < 1.29 is 18.4 Å². The lowest BCUT2D eigenvalue weighted by atomic mass is 9.90. The summed E-state index contributed by atoms with van der Waals surface area (Å²) in [5, 5.41) is 3.75. The second-order valence-electron chi connectivity index (χ2n) is 7.98. The van der Waals surface area contributed by atoms with Gasteiger partial charge in [0.2, 0.25) is 11.8 Å². The van der Waals surface area contributed by atoms with Crippen molar-refractivity contribution in [1.82, 2.24) is 15.2 Å². The van der Waals surface area contributed by atoms with E-state index in [0.29, 0.717) is 32.4 Å². The fourth-order valence-corrected chi connectivity index (χ4v) is 5.32. The van der Waals surface area contributed by atoms with Gasteiger partial charge in [-0.05, 0) is 25.3 Å². The van der Waals surface area contributed by atoms with Crippen molar-refractivity contribution >= 4 is 28.3 Å². The molecule has 1 fully saturated rings. The zero-order chi connectivity index (χ0) is 22.0. The molecule has 166 valence electrons. The third-order valence-electron chi connectivity index (χ3n) is 5.97. The molecule has 1 aliphatic heterocycles. The van der Waals surface area contributed by atoms with E-state index in [2.05, 4.69) is 10.2 Å². The van der Waals surface area contributed by atoms with Crippen molar-refractivity contribution in [2.24, 2.45) is 5.92 Å². The van der Waals surface area contributed by atoms with Crippen LogP contribution in [0.3, 0.4) is 0 Å². The van der Waals surface area contributed by atoms with Crippen molar-refractivity contribution in [3.63, 3.8) is 0 Å². The number of amides is 2. The molecular weight excluding hydrogens is 422 g/mol. The highest BCUT2D eigenvalue weighted by atomic mass is 32.1. The summed E-state index contributed by atoms with van der Waals surface area (Å²) in [5.41, 5.74) is 1.33. The number of fused-ring (bicyclic) bond motifs is 1. The second kappa shape index (κ2) is 9.30. The van der Waals surface area contributed by atoms with Crippen molar-refractivity contribution in [3.05, 3.63) is 46.0 Å². The van der Waals surface area contributed by atoms with Crippen molar-refractivity contribution in [3.8, 4) is 0 Å². The van der Waals surface area contributed by atoms with Gasteiger partial charge in [0.15, 0.2) is 5.13 Å². The molecule has 4 rings (SSSR count). The molecular formula is C22H26F2N4O2S. The number of hydrogen-bond donors (Lipinski definition) is 1. The number of benzene rings is 1. The molecule has 0 radical (unpaired) electrons. The fourth-order valence-electron chi connectivity index (χ4n) is 4.08. The van der Waals surface area contributed by atoms with E-state index in [1.807, 2.05) is 11.8 Å². The summed E-state index contributed by atoms with van der Waals surface area (Å²) < 4.78 is 26.8. The van der Waals surface area contributed by atoms with Crippen molar-refractivity contribution in [1.29, 1.82) is 0 Å². The Morgan fingerprint density at radius 3 is 2.71 bits per heavy atom. The maximum absolute atomic E-state index is 13.8. The third kappa shape index (κ3) is 4.87. The summed E-state index contributed by atoms with van der Waals surface area (Å²) in [5.74, 6) is -1.39. The summed E-state index contributed by atoms with van der Waals surface area (Å²) in [6.45, 7) is 4.88. The summed E-state index contributed by atoms with van der Waals surface area (Å²) in [6, 6.07) is 3.37. The lowest BCUT2D eigenvalue weighted by molar-refractivity contribution is -0.131. The maximum atomic E-state index is 13.8. The van der Waals surface area contributed by atoms with Gasteiger partial charge in [-0.15, -0.1) is 11.3 Å². The Balaban J connectivity index is 1.33. The molecule has 0 unspecified atom stereocenters. The number of nitrogens with zero attached hydrogens (tertiary/aromatic N) is 3. The van der Waals surface area contributed by atoms with E-state index >= 15 is 0 Å². The fraction of sp³-hybridized carbons (Fsp3) is 0.500. The van der Waals surface area contributed by atoms with Gasteiger partial charge in [-0.2, -0.15) is 0 Å². The number of carbonyl (C=O) groups is 2. The molecule has 1 atom stereocenters. The number of aryl methyl sites for hydroxylation is 1. The van der Waals surface area contributed by atoms with Crippen LogP contribution in [0.2, 0.25) is 0 Å². The van der Waals surface area contributed by atoms with E-state index in [1.54, 1.807) is 11.3 Å². The van der Waals surface area contributed by atoms with E-state index in [-0.39, 0.29) is 29.8 Å². The van der Waals surface area contributed by atoms with Crippen LogP contribution in [0.25, 0.3) is 0 Å². The van der Waals surface area contributed by atoms with E-state index < -0.39 is 11.6 Å². The number of piperazine rings is 1. The molecule has 2 aromatic rings. The number of carbonyl (C=O) groups excluding carboxylic acids is 2. The van der Waals surface area contributed by atoms with Crippen LogP contribution in [0, 0.1) is 17.6 Å². The minimum absolute atomic E-state index is 0.0446. The molecule has 9 heteroatoms. The molecule has 31 heavy (non-hydrogen) atoms. The van der Waals surface area contributed by atoms with Gasteiger partial charge in [-0.3, -0.25) is 9.59 Å². The molecule has 1 aliphatic carbocycles. The van der Waals surface area contributed by atoms with E-state index in [0.717, 1.165) is 41.3 Å². The first-order chi connectivity index (χ1) is 14.9. The van der Waals surface area contributed by atoms with Crippen LogP contribution in [-0.4, -0.2) is 47.9 Å². The molecule has 0 spiro atoms. The summed E-state index contributed by atoms with van der Waals surface area (Å²) in [7, 11) is 0. The van der Waals surface area contributed by atoms with Crippen LogP contribution in [0.5, 0.6) is 0 Å². The Labute approximate surface area is 184 Å². The first-order valence-electron chi connectivity index (χ1n) is 10.7. The van der Waals surface area contributed by atoms with Gasteiger partial charge >= 0.3 is 0 Å². The zero-order valence-corrected chi connectivity index (χ0v) is 18.3. The minimum atomic E-state index is -0.654. The van der Waals surface area contributed by atoms with E-state index in [1.165, 1.54) is 12.1 Å². The molecule has 0 saturated carbocycles. The molecule has 2 aliphatic rings. The minimum Gasteiger partial charge on any atom is -0.352 e. The Hall–Kier alpha value is -2.55. The monoisotopic (exact) mass is 448 g/mol. The molecule has 2 amide bonds. The smallest absolute Gasteiger partial charge is 0.223 e. The second-order valence-corrected chi connectivity index (χ2v) is 9.04. The highest BCUT2D eigenvalue weighted by molar-refractivity contribution is 7.15. The standard InChI is InChI=1S/C22H26F2N4O2S/c1-2-20(29)27-7-9-28(10-8-27)22-26-18-6-4-14(11-19(18)31-22)21(30)25-13-15-3-5-16(23)12-17(15)24/h3,5,12,14H,2,4,6-11,13H2,1H3,(H,25,30)/t14-/m1/s1. The predicted molar refractivity (Wildman–Crippen MR) is 115 cm³/mol. The molecule has 1 N–H and O–H groups in total. The van der Waals surface area contributed by atoms with Gasteiger partial charge < -0.3 is 15.1 Å². The number of anilines is 1. The number of thiazole rings is 1. The molecule has 0 bridgehead atoms. The highest BCUT2D eigenvalue weighted by Crippen LogP contribution is 2.34. The average Bonchev–Trinajstić information content (AvgIpc) is 3.21. The van der Waals surface area contributed by atoms with Gasteiger partial charge in [0.05, 0.1) is 5.69 Å². The summed E-state index contributed by atoms with van der Waals surface area (Å²) in [4.78, 5) is 34.5. The van der Waals surface area contributed by atoms with Crippen LogP contribution in [-0.2, 0) is 29.0 Å². The lowest BCUT2D eigenvalue weighted by Crippen LogP contribution is -2.48. The van der Waals surface area contributed by atoms with Crippen LogP contribution < -0.4 is 10.2 Å². The third-order valence-corrected chi connectivity index (χ3v) is 7.15. The van der Waals surface area contributed by atoms with Crippen LogP contribution in [0.15, 0.2) is 18.2 Å². The number of hydrogen-bond acceptors (Lipinski definition) is 5. The molecule has 2 heterocycles. The quantitative estimate of drug-likeness (QED) is 0.764. The van der Waals surface area contributed by atoms with Crippen LogP contribution in [0.4, 0.5) is 13.9 Å². The van der Waals surface area contributed by atoms with Gasteiger partial charge in [0.25, 0.3) is 0 Å². The Morgan fingerprint density at radius 1 is 1.23 bits per heavy atom. The maximum Gasteiger partial charge on any atom is 0.223 e. The Bertz CT molecular complexity index is 972. The number of rotatable bonds is 5. The van der Waals surface area contributed by atoms with Gasteiger partial charge in [-0.25, -0.2) is 13.8 Å². The lowest BCUT2D eigenvalue weighted by Gasteiger charge is -2.34. The largest absolute Gasteiger partial charge is 0.352 e. The normalized spacial score (nSPS) is 18.6. The number of halogens is 2. The number of nitrogens with one attached hydrogen (secondary N) is 1. The molecule has 6 nitrogen and oxygen atoms in total. The molecule has 1 aromatic heterocycles. The Kier molecular flexibility index (Phi) is 6.50. The van der Waals surface area contributed by atoms with E-state index in [9.17, 15) is 18.4 Å². The van der Waals surface area contributed by atoms with Crippen LogP contribution in [0.1, 0.15) is 35.9 Å². The first-order valence-corrected chi connectivity index (χ1v) is 11.5. The molecule has 1 aromatic carbocycles. The van der Waals surface area contributed by atoms with Gasteiger partial charge in [-0.1, -0.05) is 13.0 Å². The highest BCUT2D eigenvalue weighted by Gasteiger charge is 2.29. The topological polar surface area (TPSA) is 65.5 Å². The molecule has 1 saturated heterocycles. The zero-order valence-electron chi connectivity index (χ0n) is 17.5.